The van der Waals surface area contributed by atoms with Crippen molar-refractivity contribution in [3.63, 3.8) is 0 Å². The van der Waals surface area contributed by atoms with Crippen LogP contribution in [0.5, 0.6) is 0 Å². The molecule has 210 valence electrons. The maximum absolute atomic E-state index is 5.95. The van der Waals surface area contributed by atoms with Crippen LogP contribution >= 0.6 is 0 Å². The van der Waals surface area contributed by atoms with Gasteiger partial charge in [-0.1, -0.05) is 126 Å². The Kier molecular flexibility index (Phi) is 10.9. The molecule has 2 nitrogen and oxygen atoms in total. The SMILES string of the molecule is CCCCCCCC(c1ccc(C(CC)c2ccc(N)cc2)cc1)c1ccc(C(CC)c2ccc(N)cc2)cc1. The average molecular weight is 533 g/mol. The molecule has 0 radical (unpaired) electrons. The standard InChI is InChI=1S/C38H48N2/c1-4-7-8-9-10-11-38(32-16-12-28(13-17-32)36(5-2)30-20-24-34(39)25-21-30)33-18-14-29(15-19-33)37(6-3)31-22-26-35(40)27-23-31/h12-27,36-38H,4-11,39-40H2,1-3H3. The van der Waals surface area contributed by atoms with Crippen molar-refractivity contribution in [2.45, 2.75) is 89.9 Å². The fraction of sp³-hybridized carbons (Fsp3) is 0.368. The van der Waals surface area contributed by atoms with Gasteiger partial charge >= 0.3 is 0 Å². The molecule has 4 rings (SSSR count). The number of benzene rings is 4. The van der Waals surface area contributed by atoms with E-state index in [0.717, 1.165) is 24.2 Å². The van der Waals surface area contributed by atoms with Crippen LogP contribution in [0.2, 0.25) is 0 Å². The van der Waals surface area contributed by atoms with Gasteiger partial charge in [-0.15, -0.1) is 0 Å². The van der Waals surface area contributed by atoms with Crippen LogP contribution in [0.3, 0.4) is 0 Å². The minimum absolute atomic E-state index is 0.390. The number of anilines is 2. The summed E-state index contributed by atoms with van der Waals surface area (Å²) in [6.45, 7) is 6.82. The van der Waals surface area contributed by atoms with Crippen molar-refractivity contribution in [1.29, 1.82) is 0 Å². The summed E-state index contributed by atoms with van der Waals surface area (Å²) in [6, 6.07) is 35.7. The highest BCUT2D eigenvalue weighted by atomic mass is 14.5. The van der Waals surface area contributed by atoms with Crippen molar-refractivity contribution < 1.29 is 0 Å². The largest absolute Gasteiger partial charge is 0.399 e. The number of rotatable bonds is 14. The Hall–Kier alpha value is -3.52. The molecule has 0 aliphatic rings. The van der Waals surface area contributed by atoms with E-state index in [1.165, 1.54) is 71.9 Å². The van der Waals surface area contributed by atoms with Crippen LogP contribution in [0.25, 0.3) is 0 Å². The second-order valence-electron chi connectivity index (χ2n) is 11.3. The molecule has 0 spiro atoms. The molecule has 40 heavy (non-hydrogen) atoms. The minimum atomic E-state index is 0.390. The monoisotopic (exact) mass is 532 g/mol. The van der Waals surface area contributed by atoms with Crippen LogP contribution in [0.15, 0.2) is 97.1 Å². The van der Waals surface area contributed by atoms with Gasteiger partial charge in [0, 0.05) is 29.1 Å². The Balaban J connectivity index is 1.57. The average Bonchev–Trinajstić information content (AvgIpc) is 2.99. The Morgan fingerprint density at radius 1 is 0.400 bits per heavy atom. The van der Waals surface area contributed by atoms with E-state index in [4.69, 9.17) is 11.5 Å². The van der Waals surface area contributed by atoms with Gasteiger partial charge in [-0.05, 0) is 76.9 Å². The maximum atomic E-state index is 5.95. The molecular formula is C38H48N2. The molecule has 0 amide bonds. The van der Waals surface area contributed by atoms with E-state index in [0.29, 0.717) is 17.8 Å². The zero-order valence-corrected chi connectivity index (χ0v) is 24.8. The molecule has 0 saturated heterocycles. The lowest BCUT2D eigenvalue weighted by atomic mass is 9.82. The first-order chi connectivity index (χ1) is 19.5. The Labute approximate surface area is 242 Å². The summed E-state index contributed by atoms with van der Waals surface area (Å²) in [4.78, 5) is 0. The molecule has 0 bridgehead atoms. The van der Waals surface area contributed by atoms with E-state index < -0.39 is 0 Å². The van der Waals surface area contributed by atoms with E-state index in [1.807, 2.05) is 24.3 Å². The summed E-state index contributed by atoms with van der Waals surface area (Å²) in [6.07, 6.45) is 9.85. The minimum Gasteiger partial charge on any atom is -0.399 e. The first-order valence-corrected chi connectivity index (χ1v) is 15.4. The number of hydrogen-bond acceptors (Lipinski definition) is 2. The summed E-state index contributed by atoms with van der Waals surface area (Å²) in [7, 11) is 0. The zero-order valence-electron chi connectivity index (χ0n) is 24.8. The fourth-order valence-electron chi connectivity index (χ4n) is 6.18. The lowest BCUT2D eigenvalue weighted by Gasteiger charge is -2.22. The topological polar surface area (TPSA) is 52.0 Å². The summed E-state index contributed by atoms with van der Waals surface area (Å²) < 4.78 is 0. The predicted molar refractivity (Wildman–Crippen MR) is 174 cm³/mol. The fourth-order valence-corrected chi connectivity index (χ4v) is 6.18. The molecule has 0 heterocycles. The zero-order chi connectivity index (χ0) is 28.3. The second-order valence-corrected chi connectivity index (χ2v) is 11.3. The van der Waals surface area contributed by atoms with Gasteiger partial charge in [0.25, 0.3) is 0 Å². The highest BCUT2D eigenvalue weighted by molar-refractivity contribution is 5.45. The third-order valence-corrected chi connectivity index (χ3v) is 8.57. The summed E-state index contributed by atoms with van der Waals surface area (Å²) in [5.41, 5.74) is 21.8. The number of nitrogen functional groups attached to an aromatic ring is 2. The number of unbranched alkanes of at least 4 members (excludes halogenated alkanes) is 4. The van der Waals surface area contributed by atoms with E-state index in [-0.39, 0.29) is 0 Å². The van der Waals surface area contributed by atoms with Crippen LogP contribution < -0.4 is 11.5 Å². The van der Waals surface area contributed by atoms with E-state index >= 15 is 0 Å². The summed E-state index contributed by atoms with van der Waals surface area (Å²) >= 11 is 0. The van der Waals surface area contributed by atoms with E-state index in [1.54, 1.807) is 0 Å². The molecule has 2 heteroatoms. The van der Waals surface area contributed by atoms with Gasteiger partial charge in [0.1, 0.15) is 0 Å². The molecule has 4 aromatic carbocycles. The number of nitrogens with two attached hydrogens (primary N) is 2. The van der Waals surface area contributed by atoms with E-state index in [9.17, 15) is 0 Å². The highest BCUT2D eigenvalue weighted by Gasteiger charge is 2.18. The van der Waals surface area contributed by atoms with Gasteiger partial charge in [-0.3, -0.25) is 0 Å². The van der Waals surface area contributed by atoms with Gasteiger partial charge in [-0.25, -0.2) is 0 Å². The van der Waals surface area contributed by atoms with Gasteiger partial charge < -0.3 is 11.5 Å². The van der Waals surface area contributed by atoms with Gasteiger partial charge in [0.2, 0.25) is 0 Å². The Bertz CT molecular complexity index is 1170. The van der Waals surface area contributed by atoms with Crippen molar-refractivity contribution >= 4 is 11.4 Å². The summed E-state index contributed by atoms with van der Waals surface area (Å²) in [5.74, 6) is 1.19. The van der Waals surface area contributed by atoms with Crippen LogP contribution in [-0.2, 0) is 0 Å². The van der Waals surface area contributed by atoms with Gasteiger partial charge in [0.15, 0.2) is 0 Å². The second kappa shape index (κ2) is 14.7. The van der Waals surface area contributed by atoms with Crippen molar-refractivity contribution in [3.8, 4) is 0 Å². The Morgan fingerprint density at radius 2 is 0.700 bits per heavy atom. The molecule has 0 fully saturated rings. The van der Waals surface area contributed by atoms with E-state index in [2.05, 4.69) is 93.6 Å². The molecule has 0 aliphatic heterocycles. The third-order valence-electron chi connectivity index (χ3n) is 8.57. The molecule has 0 saturated carbocycles. The molecule has 4 N–H and O–H groups in total. The smallest absolute Gasteiger partial charge is 0.0314 e. The van der Waals surface area contributed by atoms with Crippen molar-refractivity contribution in [2.75, 3.05) is 11.5 Å². The van der Waals surface area contributed by atoms with Crippen molar-refractivity contribution in [2.24, 2.45) is 0 Å². The maximum Gasteiger partial charge on any atom is 0.0314 e. The lowest BCUT2D eigenvalue weighted by Crippen LogP contribution is -2.05. The molecule has 4 aromatic rings. The van der Waals surface area contributed by atoms with Crippen LogP contribution in [0.4, 0.5) is 11.4 Å². The molecule has 0 aliphatic carbocycles. The quantitative estimate of drug-likeness (QED) is 0.125. The first kappa shape index (κ1) is 29.5. The molecule has 0 aromatic heterocycles. The van der Waals surface area contributed by atoms with Crippen LogP contribution in [0.1, 0.15) is 123 Å². The Morgan fingerprint density at radius 3 is 1.02 bits per heavy atom. The van der Waals surface area contributed by atoms with Gasteiger partial charge in [-0.2, -0.15) is 0 Å². The van der Waals surface area contributed by atoms with Gasteiger partial charge in [0.05, 0.1) is 0 Å². The summed E-state index contributed by atoms with van der Waals surface area (Å²) in [5, 5.41) is 0. The molecule has 2 unspecified atom stereocenters. The first-order valence-electron chi connectivity index (χ1n) is 15.4. The van der Waals surface area contributed by atoms with Crippen molar-refractivity contribution in [3.05, 3.63) is 130 Å². The predicted octanol–water partition coefficient (Wildman–Crippen LogP) is 10.4. The van der Waals surface area contributed by atoms with Crippen LogP contribution in [0, 0.1) is 0 Å². The number of hydrogen-bond donors (Lipinski definition) is 2. The lowest BCUT2D eigenvalue weighted by molar-refractivity contribution is 0.580. The normalized spacial score (nSPS) is 13.6. The molecule has 2 atom stereocenters. The van der Waals surface area contributed by atoms with Crippen molar-refractivity contribution in [1.82, 2.24) is 0 Å². The highest BCUT2D eigenvalue weighted by Crippen LogP contribution is 2.35. The third kappa shape index (κ3) is 7.56. The molecular weight excluding hydrogens is 484 g/mol. The van der Waals surface area contributed by atoms with Crippen LogP contribution in [-0.4, -0.2) is 0 Å².